The average Bonchev–Trinajstić information content (AvgIpc) is 2.60. The molecule has 4 nitrogen and oxygen atoms in total. The van der Waals surface area contributed by atoms with Crippen molar-refractivity contribution >= 4 is 40.5 Å². The number of nitrogens with zero attached hydrogens (tertiary/aromatic N) is 1. The van der Waals surface area contributed by atoms with Crippen LogP contribution in [0.2, 0.25) is 0 Å². The normalized spacial score (nSPS) is 14.9. The summed E-state index contributed by atoms with van der Waals surface area (Å²) in [6.07, 6.45) is 0.895. The van der Waals surface area contributed by atoms with E-state index in [4.69, 9.17) is 17.0 Å². The SMILES string of the molecule is COc1cccc2c1SCCC2=NNC(=S)Nc1ccccc1. The lowest BCUT2D eigenvalue weighted by Crippen LogP contribution is -2.26. The number of anilines is 1. The van der Waals surface area contributed by atoms with Crippen LogP contribution in [0.25, 0.3) is 0 Å². The van der Waals surface area contributed by atoms with E-state index in [1.54, 1.807) is 18.9 Å². The van der Waals surface area contributed by atoms with Gasteiger partial charge in [-0.2, -0.15) is 5.10 Å². The Hall–Kier alpha value is -2.05. The maximum atomic E-state index is 5.43. The number of hydrogen-bond acceptors (Lipinski definition) is 4. The summed E-state index contributed by atoms with van der Waals surface area (Å²) in [5.74, 6) is 1.87. The van der Waals surface area contributed by atoms with Crippen LogP contribution in [0, 0.1) is 0 Å². The highest BCUT2D eigenvalue weighted by Crippen LogP contribution is 2.37. The zero-order valence-corrected chi connectivity index (χ0v) is 14.3. The fourth-order valence-electron chi connectivity index (χ4n) is 2.35. The number of fused-ring (bicyclic) bond motifs is 1. The van der Waals surface area contributed by atoms with Crippen LogP contribution in [0.5, 0.6) is 5.75 Å². The first-order valence-corrected chi connectivity index (χ1v) is 8.66. The highest BCUT2D eigenvalue weighted by atomic mass is 32.2. The van der Waals surface area contributed by atoms with Gasteiger partial charge in [-0.15, -0.1) is 11.8 Å². The number of benzene rings is 2. The van der Waals surface area contributed by atoms with Crippen LogP contribution in [0.3, 0.4) is 0 Å². The topological polar surface area (TPSA) is 45.6 Å². The number of hydrogen-bond donors (Lipinski definition) is 2. The third-order valence-corrected chi connectivity index (χ3v) is 4.73. The zero-order valence-electron chi connectivity index (χ0n) is 12.7. The number of thiocarbonyl (C=S) groups is 1. The van der Waals surface area contributed by atoms with Gasteiger partial charge < -0.3 is 10.1 Å². The molecule has 0 spiro atoms. The van der Waals surface area contributed by atoms with E-state index < -0.39 is 0 Å². The van der Waals surface area contributed by atoms with Gasteiger partial charge in [-0.25, -0.2) is 0 Å². The molecule has 0 bridgehead atoms. The van der Waals surface area contributed by atoms with Crippen molar-refractivity contribution in [3.8, 4) is 5.75 Å². The highest BCUT2D eigenvalue weighted by molar-refractivity contribution is 7.99. The molecule has 1 heterocycles. The summed E-state index contributed by atoms with van der Waals surface area (Å²) in [6.45, 7) is 0. The van der Waals surface area contributed by atoms with E-state index in [0.717, 1.165) is 39.8 Å². The van der Waals surface area contributed by atoms with E-state index in [-0.39, 0.29) is 0 Å². The van der Waals surface area contributed by atoms with Gasteiger partial charge in [0.15, 0.2) is 5.11 Å². The molecule has 0 aromatic heterocycles. The van der Waals surface area contributed by atoms with Gasteiger partial charge in [-0.1, -0.05) is 30.3 Å². The maximum absolute atomic E-state index is 5.43. The summed E-state index contributed by atoms with van der Waals surface area (Å²) in [4.78, 5) is 1.14. The van der Waals surface area contributed by atoms with Crippen LogP contribution >= 0.6 is 24.0 Å². The number of para-hydroxylation sites is 1. The molecule has 0 fully saturated rings. The van der Waals surface area contributed by atoms with E-state index in [1.807, 2.05) is 42.5 Å². The lowest BCUT2D eigenvalue weighted by Gasteiger charge is -2.19. The first-order valence-electron chi connectivity index (χ1n) is 7.26. The molecule has 0 radical (unpaired) electrons. The predicted octanol–water partition coefficient (Wildman–Crippen LogP) is 3.88. The molecule has 6 heteroatoms. The first-order chi connectivity index (χ1) is 11.3. The summed E-state index contributed by atoms with van der Waals surface area (Å²) in [5.41, 5.74) is 5.98. The molecule has 2 N–H and O–H groups in total. The molecule has 0 saturated heterocycles. The van der Waals surface area contributed by atoms with Crippen LogP contribution in [0.4, 0.5) is 5.69 Å². The molecule has 0 aliphatic carbocycles. The third kappa shape index (κ3) is 3.83. The van der Waals surface area contributed by atoms with Gasteiger partial charge in [0.1, 0.15) is 5.75 Å². The van der Waals surface area contributed by atoms with Crippen LogP contribution in [0.1, 0.15) is 12.0 Å². The number of methoxy groups -OCH3 is 1. The molecule has 1 aliphatic rings. The lowest BCUT2D eigenvalue weighted by molar-refractivity contribution is 0.404. The maximum Gasteiger partial charge on any atom is 0.191 e. The third-order valence-electron chi connectivity index (χ3n) is 3.42. The fourth-order valence-corrected chi connectivity index (χ4v) is 3.65. The second-order valence-electron chi connectivity index (χ2n) is 4.93. The molecule has 3 rings (SSSR count). The molecule has 0 unspecified atom stereocenters. The Morgan fingerprint density at radius 1 is 1.17 bits per heavy atom. The van der Waals surface area contributed by atoms with Crippen molar-refractivity contribution in [2.75, 3.05) is 18.2 Å². The summed E-state index contributed by atoms with van der Waals surface area (Å²) in [5, 5.41) is 8.08. The Labute approximate surface area is 145 Å². The quantitative estimate of drug-likeness (QED) is 0.654. The Morgan fingerprint density at radius 2 is 2.00 bits per heavy atom. The summed E-state index contributed by atoms with van der Waals surface area (Å²) < 4.78 is 5.43. The molecule has 118 valence electrons. The van der Waals surface area contributed by atoms with Gasteiger partial charge in [0, 0.05) is 23.4 Å². The molecule has 23 heavy (non-hydrogen) atoms. The number of thioether (sulfide) groups is 1. The number of hydrazone groups is 1. The molecule has 0 amide bonds. The summed E-state index contributed by atoms with van der Waals surface area (Å²) in [6, 6.07) is 15.8. The van der Waals surface area contributed by atoms with E-state index in [1.165, 1.54) is 0 Å². The van der Waals surface area contributed by atoms with Gasteiger partial charge in [-0.05, 0) is 30.4 Å². The molecular formula is C17H17N3OS2. The first kappa shape index (κ1) is 15.8. The van der Waals surface area contributed by atoms with E-state index in [9.17, 15) is 0 Å². The van der Waals surface area contributed by atoms with Gasteiger partial charge in [0.2, 0.25) is 0 Å². The van der Waals surface area contributed by atoms with Crippen molar-refractivity contribution in [2.24, 2.45) is 5.10 Å². The van der Waals surface area contributed by atoms with Crippen molar-refractivity contribution < 1.29 is 4.74 Å². The fraction of sp³-hybridized carbons (Fsp3) is 0.176. The van der Waals surface area contributed by atoms with Crippen molar-refractivity contribution in [3.63, 3.8) is 0 Å². The standard InChI is InChI=1S/C17H17N3OS2/c1-21-15-9-5-8-13-14(10-11-23-16(13)15)19-20-17(22)18-12-6-3-2-4-7-12/h2-9H,10-11H2,1H3,(H2,18,20,22). The van der Waals surface area contributed by atoms with Gasteiger partial charge >= 0.3 is 0 Å². The van der Waals surface area contributed by atoms with Crippen molar-refractivity contribution in [3.05, 3.63) is 54.1 Å². The molecule has 0 atom stereocenters. The molecule has 1 aliphatic heterocycles. The zero-order chi connectivity index (χ0) is 16.1. The van der Waals surface area contributed by atoms with Gasteiger partial charge in [0.25, 0.3) is 0 Å². The Bertz CT molecular complexity index is 732. The van der Waals surface area contributed by atoms with Crippen LogP contribution < -0.4 is 15.5 Å². The Kier molecular flexibility index (Phi) is 5.15. The summed E-state index contributed by atoms with van der Waals surface area (Å²) in [7, 11) is 1.69. The average molecular weight is 343 g/mol. The molecule has 2 aromatic carbocycles. The van der Waals surface area contributed by atoms with Crippen LogP contribution in [-0.4, -0.2) is 23.7 Å². The van der Waals surface area contributed by atoms with Crippen molar-refractivity contribution in [1.82, 2.24) is 5.43 Å². The largest absolute Gasteiger partial charge is 0.496 e. The van der Waals surface area contributed by atoms with E-state index in [0.29, 0.717) is 5.11 Å². The van der Waals surface area contributed by atoms with Crippen molar-refractivity contribution in [1.29, 1.82) is 0 Å². The van der Waals surface area contributed by atoms with Gasteiger partial charge in [-0.3, -0.25) is 5.43 Å². The molecule has 0 saturated carbocycles. The molecule has 2 aromatic rings. The second-order valence-corrected chi connectivity index (χ2v) is 6.44. The number of nitrogens with one attached hydrogen (secondary N) is 2. The van der Waals surface area contributed by atoms with Gasteiger partial charge in [0.05, 0.1) is 17.7 Å². The highest BCUT2D eigenvalue weighted by Gasteiger charge is 2.19. The minimum atomic E-state index is 0.478. The van der Waals surface area contributed by atoms with Crippen LogP contribution in [0.15, 0.2) is 58.5 Å². The second kappa shape index (κ2) is 7.48. The Balaban J connectivity index is 1.73. The summed E-state index contributed by atoms with van der Waals surface area (Å²) >= 11 is 7.09. The molecular weight excluding hydrogens is 326 g/mol. The smallest absolute Gasteiger partial charge is 0.191 e. The van der Waals surface area contributed by atoms with Crippen LogP contribution in [-0.2, 0) is 0 Å². The minimum Gasteiger partial charge on any atom is -0.496 e. The lowest BCUT2D eigenvalue weighted by atomic mass is 10.1. The van der Waals surface area contributed by atoms with Crippen molar-refractivity contribution in [2.45, 2.75) is 11.3 Å². The number of rotatable bonds is 3. The minimum absolute atomic E-state index is 0.478. The van der Waals surface area contributed by atoms with E-state index >= 15 is 0 Å². The monoisotopic (exact) mass is 343 g/mol. The predicted molar refractivity (Wildman–Crippen MR) is 101 cm³/mol. The number of ether oxygens (including phenoxy) is 1. The van der Waals surface area contributed by atoms with E-state index in [2.05, 4.69) is 21.9 Å². The Morgan fingerprint density at radius 3 is 2.78 bits per heavy atom.